The van der Waals surface area contributed by atoms with Crippen molar-refractivity contribution in [3.63, 3.8) is 0 Å². The van der Waals surface area contributed by atoms with E-state index in [0.29, 0.717) is 18.4 Å². The first-order valence-electron chi connectivity index (χ1n) is 11.2. The summed E-state index contributed by atoms with van der Waals surface area (Å²) >= 11 is 0. The second kappa shape index (κ2) is 9.24. The first-order valence-corrected chi connectivity index (χ1v) is 11.2. The summed E-state index contributed by atoms with van der Waals surface area (Å²) in [5, 5.41) is 3.04. The van der Waals surface area contributed by atoms with Crippen molar-refractivity contribution in [3.05, 3.63) is 35.6 Å². The Balaban J connectivity index is 1.36. The summed E-state index contributed by atoms with van der Waals surface area (Å²) in [6.07, 6.45) is 7.76. The maximum absolute atomic E-state index is 13.4. The van der Waals surface area contributed by atoms with Gasteiger partial charge in [0.1, 0.15) is 5.82 Å². The lowest BCUT2D eigenvalue weighted by Crippen LogP contribution is -2.58. The molecule has 2 aliphatic carbocycles. The molecule has 3 aliphatic rings. The normalized spacial score (nSPS) is 22.3. The Morgan fingerprint density at radius 1 is 1.03 bits per heavy atom. The number of rotatable bonds is 6. The molecule has 29 heavy (non-hydrogen) atoms. The highest BCUT2D eigenvalue weighted by atomic mass is 19.1. The third kappa shape index (κ3) is 4.80. The van der Waals surface area contributed by atoms with Gasteiger partial charge in [0.25, 0.3) is 0 Å². The summed E-state index contributed by atoms with van der Waals surface area (Å²) in [4.78, 5) is 29.9. The van der Waals surface area contributed by atoms with E-state index in [4.69, 9.17) is 0 Å². The molecule has 6 heteroatoms. The van der Waals surface area contributed by atoms with Gasteiger partial charge in [0, 0.05) is 38.6 Å². The zero-order valence-corrected chi connectivity index (χ0v) is 17.1. The zero-order chi connectivity index (χ0) is 20.2. The number of halogens is 1. The van der Waals surface area contributed by atoms with Crippen molar-refractivity contribution in [3.8, 4) is 0 Å². The lowest BCUT2D eigenvalue weighted by Gasteiger charge is -2.42. The molecule has 2 amide bonds. The van der Waals surface area contributed by atoms with Crippen molar-refractivity contribution in [1.29, 1.82) is 0 Å². The Morgan fingerprint density at radius 3 is 2.38 bits per heavy atom. The molecule has 1 atom stereocenters. The molecule has 1 saturated heterocycles. The summed E-state index contributed by atoms with van der Waals surface area (Å²) in [5.74, 6) is 0.679. The van der Waals surface area contributed by atoms with Crippen molar-refractivity contribution >= 4 is 11.8 Å². The van der Waals surface area contributed by atoms with Crippen LogP contribution >= 0.6 is 0 Å². The molecule has 0 spiro atoms. The SMILES string of the molecule is O=C(NCc1cccc(F)c1)[C@@H](C1CCCC1)N1CCN(C(=O)C2CCC2)CC1. The van der Waals surface area contributed by atoms with Gasteiger partial charge in [-0.05, 0) is 49.3 Å². The molecule has 3 fully saturated rings. The fourth-order valence-electron chi connectivity index (χ4n) is 5.03. The van der Waals surface area contributed by atoms with Crippen LogP contribution in [0.25, 0.3) is 0 Å². The predicted molar refractivity (Wildman–Crippen MR) is 109 cm³/mol. The molecule has 0 unspecified atom stereocenters. The van der Waals surface area contributed by atoms with E-state index in [1.807, 2.05) is 11.0 Å². The molecule has 5 nitrogen and oxygen atoms in total. The summed E-state index contributed by atoms with van der Waals surface area (Å²) in [6.45, 7) is 3.30. The molecule has 1 aromatic rings. The summed E-state index contributed by atoms with van der Waals surface area (Å²) in [5.41, 5.74) is 0.777. The fraction of sp³-hybridized carbons (Fsp3) is 0.652. The highest BCUT2D eigenvalue weighted by molar-refractivity contribution is 5.82. The number of nitrogens with zero attached hydrogens (tertiary/aromatic N) is 2. The van der Waals surface area contributed by atoms with Crippen molar-refractivity contribution in [2.24, 2.45) is 11.8 Å². The molecular formula is C23H32FN3O2. The van der Waals surface area contributed by atoms with E-state index in [2.05, 4.69) is 10.2 Å². The molecule has 1 aliphatic heterocycles. The van der Waals surface area contributed by atoms with Gasteiger partial charge in [-0.3, -0.25) is 14.5 Å². The highest BCUT2D eigenvalue weighted by Crippen LogP contribution is 2.32. The van der Waals surface area contributed by atoms with Gasteiger partial charge in [-0.2, -0.15) is 0 Å². The molecule has 1 N–H and O–H groups in total. The third-order valence-electron chi connectivity index (χ3n) is 6.94. The van der Waals surface area contributed by atoms with Crippen LogP contribution in [0.15, 0.2) is 24.3 Å². The molecule has 0 radical (unpaired) electrons. The number of benzene rings is 1. The quantitative estimate of drug-likeness (QED) is 0.797. The van der Waals surface area contributed by atoms with Gasteiger partial charge in [-0.1, -0.05) is 31.4 Å². The van der Waals surface area contributed by atoms with Gasteiger partial charge in [-0.25, -0.2) is 4.39 Å². The molecule has 1 heterocycles. The van der Waals surface area contributed by atoms with Gasteiger partial charge in [0.2, 0.25) is 11.8 Å². The molecule has 158 valence electrons. The molecule has 0 bridgehead atoms. The molecule has 1 aromatic carbocycles. The van der Waals surface area contributed by atoms with Gasteiger partial charge < -0.3 is 10.2 Å². The van der Waals surface area contributed by atoms with Crippen LogP contribution in [0.5, 0.6) is 0 Å². The topological polar surface area (TPSA) is 52.7 Å². The minimum Gasteiger partial charge on any atom is -0.351 e. The van der Waals surface area contributed by atoms with Crippen LogP contribution in [0, 0.1) is 17.7 Å². The average molecular weight is 402 g/mol. The third-order valence-corrected chi connectivity index (χ3v) is 6.94. The average Bonchev–Trinajstić information content (AvgIpc) is 3.20. The Hall–Kier alpha value is -1.95. The Kier molecular flexibility index (Phi) is 6.48. The van der Waals surface area contributed by atoms with E-state index in [-0.39, 0.29) is 23.7 Å². The second-order valence-corrected chi connectivity index (χ2v) is 8.83. The minimum absolute atomic E-state index is 0.0416. The number of nitrogens with one attached hydrogen (secondary N) is 1. The van der Waals surface area contributed by atoms with Crippen LogP contribution in [0.4, 0.5) is 4.39 Å². The number of amides is 2. The van der Waals surface area contributed by atoms with E-state index in [1.54, 1.807) is 6.07 Å². The Bertz CT molecular complexity index is 723. The van der Waals surface area contributed by atoms with E-state index < -0.39 is 0 Å². The number of hydrogen-bond donors (Lipinski definition) is 1. The van der Waals surface area contributed by atoms with E-state index in [1.165, 1.54) is 31.4 Å². The van der Waals surface area contributed by atoms with Gasteiger partial charge in [0.15, 0.2) is 0 Å². The first kappa shape index (κ1) is 20.3. The lowest BCUT2D eigenvalue weighted by atomic mass is 9.84. The molecule has 4 rings (SSSR count). The lowest BCUT2D eigenvalue weighted by molar-refractivity contribution is -0.141. The van der Waals surface area contributed by atoms with Crippen LogP contribution in [0.2, 0.25) is 0 Å². The smallest absolute Gasteiger partial charge is 0.237 e. The van der Waals surface area contributed by atoms with Gasteiger partial charge in [0.05, 0.1) is 6.04 Å². The van der Waals surface area contributed by atoms with Crippen LogP contribution in [0.3, 0.4) is 0 Å². The number of carbonyl (C=O) groups excluding carboxylic acids is 2. The van der Waals surface area contributed by atoms with E-state index in [0.717, 1.165) is 57.4 Å². The Labute approximate surface area is 172 Å². The monoisotopic (exact) mass is 401 g/mol. The van der Waals surface area contributed by atoms with Crippen LogP contribution in [-0.4, -0.2) is 53.8 Å². The van der Waals surface area contributed by atoms with Crippen LogP contribution in [-0.2, 0) is 16.1 Å². The van der Waals surface area contributed by atoms with Crippen molar-refractivity contribution < 1.29 is 14.0 Å². The molecular weight excluding hydrogens is 369 g/mol. The summed E-state index contributed by atoms with van der Waals surface area (Å²) < 4.78 is 13.4. The predicted octanol–water partition coefficient (Wildman–Crippen LogP) is 2.95. The van der Waals surface area contributed by atoms with Crippen LogP contribution in [0.1, 0.15) is 50.5 Å². The number of piperazine rings is 1. The summed E-state index contributed by atoms with van der Waals surface area (Å²) in [6, 6.07) is 6.24. The van der Waals surface area contributed by atoms with Crippen molar-refractivity contribution in [1.82, 2.24) is 15.1 Å². The Morgan fingerprint density at radius 2 is 1.76 bits per heavy atom. The number of hydrogen-bond acceptors (Lipinski definition) is 3. The van der Waals surface area contributed by atoms with E-state index in [9.17, 15) is 14.0 Å². The molecule has 0 aromatic heterocycles. The largest absolute Gasteiger partial charge is 0.351 e. The standard InChI is InChI=1S/C23H32FN3O2/c24-20-10-3-5-17(15-20)16-25-22(28)21(18-6-1-2-7-18)26-11-13-27(14-12-26)23(29)19-8-4-9-19/h3,5,10,15,18-19,21H,1-2,4,6-9,11-14,16H2,(H,25,28)/t21-/m1/s1. The van der Waals surface area contributed by atoms with E-state index >= 15 is 0 Å². The maximum Gasteiger partial charge on any atom is 0.237 e. The zero-order valence-electron chi connectivity index (χ0n) is 17.1. The van der Waals surface area contributed by atoms with Gasteiger partial charge in [-0.15, -0.1) is 0 Å². The first-order chi connectivity index (χ1) is 14.1. The van der Waals surface area contributed by atoms with Crippen LogP contribution < -0.4 is 5.32 Å². The summed E-state index contributed by atoms with van der Waals surface area (Å²) in [7, 11) is 0. The fourth-order valence-corrected chi connectivity index (χ4v) is 5.03. The van der Waals surface area contributed by atoms with Crippen molar-refractivity contribution in [2.45, 2.75) is 57.5 Å². The maximum atomic E-state index is 13.4. The highest BCUT2D eigenvalue weighted by Gasteiger charge is 2.38. The molecule has 2 saturated carbocycles. The van der Waals surface area contributed by atoms with Gasteiger partial charge >= 0.3 is 0 Å². The minimum atomic E-state index is -0.281. The second-order valence-electron chi connectivity index (χ2n) is 8.83. The van der Waals surface area contributed by atoms with Crippen molar-refractivity contribution in [2.75, 3.05) is 26.2 Å². The number of carbonyl (C=O) groups is 2.